The second kappa shape index (κ2) is 6.15. The minimum absolute atomic E-state index is 0.139. The SMILES string of the molecule is CCC[C@@H](N)C(=O)N(C)Cc1nc2ccsc2c(=O)[nH]1. The Morgan fingerprint density at radius 3 is 3.05 bits per heavy atom. The molecule has 2 aromatic rings. The molecule has 0 saturated heterocycles. The average Bonchev–Trinajstić information content (AvgIpc) is 2.86. The van der Waals surface area contributed by atoms with Crippen LogP contribution in [0.2, 0.25) is 0 Å². The maximum absolute atomic E-state index is 12.0. The van der Waals surface area contributed by atoms with E-state index in [1.165, 1.54) is 16.2 Å². The number of hydrogen-bond acceptors (Lipinski definition) is 5. The number of nitrogens with two attached hydrogens (primary N) is 1. The number of nitrogens with one attached hydrogen (secondary N) is 1. The number of carbonyl (C=O) groups excluding carboxylic acids is 1. The van der Waals surface area contributed by atoms with Crippen LogP contribution >= 0.6 is 11.3 Å². The fourth-order valence-electron chi connectivity index (χ4n) is 2.02. The number of nitrogens with zero attached hydrogens (tertiary/aromatic N) is 2. The van der Waals surface area contributed by atoms with Crippen molar-refractivity contribution in [2.24, 2.45) is 5.73 Å². The molecular weight excluding hydrogens is 276 g/mol. The molecule has 0 aliphatic heterocycles. The van der Waals surface area contributed by atoms with Gasteiger partial charge in [0, 0.05) is 7.05 Å². The van der Waals surface area contributed by atoms with E-state index in [2.05, 4.69) is 9.97 Å². The zero-order valence-electron chi connectivity index (χ0n) is 11.5. The number of amides is 1. The third-order valence-corrected chi connectivity index (χ3v) is 3.95. The Balaban J connectivity index is 2.15. The standard InChI is InChI=1S/C13H18N4O2S/c1-3-4-8(14)13(19)17(2)7-10-15-9-5-6-20-11(9)12(18)16-10/h5-6,8H,3-4,7,14H2,1-2H3,(H,15,16,18)/t8-/m1/s1. The van der Waals surface area contributed by atoms with Gasteiger partial charge in [0.05, 0.1) is 18.1 Å². The molecule has 1 atom stereocenters. The number of carbonyl (C=O) groups is 1. The molecule has 0 aromatic carbocycles. The molecule has 0 aliphatic carbocycles. The largest absolute Gasteiger partial charge is 0.337 e. The van der Waals surface area contributed by atoms with Crippen LogP contribution in [0.25, 0.3) is 10.2 Å². The molecule has 2 aromatic heterocycles. The van der Waals surface area contributed by atoms with E-state index in [4.69, 9.17) is 5.73 Å². The Morgan fingerprint density at radius 2 is 2.35 bits per heavy atom. The van der Waals surface area contributed by atoms with Gasteiger partial charge in [0.15, 0.2) is 0 Å². The van der Waals surface area contributed by atoms with E-state index in [1.807, 2.05) is 12.3 Å². The van der Waals surface area contributed by atoms with Crippen LogP contribution in [-0.2, 0) is 11.3 Å². The lowest BCUT2D eigenvalue weighted by Gasteiger charge is -2.20. The van der Waals surface area contributed by atoms with E-state index in [0.717, 1.165) is 6.42 Å². The smallest absolute Gasteiger partial charge is 0.268 e. The molecule has 1 amide bonds. The third-order valence-electron chi connectivity index (χ3n) is 3.04. The molecule has 0 aliphatic rings. The molecule has 2 heterocycles. The zero-order valence-corrected chi connectivity index (χ0v) is 12.4. The van der Waals surface area contributed by atoms with Gasteiger partial charge in [-0.3, -0.25) is 9.59 Å². The predicted molar refractivity (Wildman–Crippen MR) is 79.6 cm³/mol. The summed E-state index contributed by atoms with van der Waals surface area (Å²) in [6.45, 7) is 2.23. The van der Waals surface area contributed by atoms with Crippen molar-refractivity contribution >= 4 is 27.5 Å². The van der Waals surface area contributed by atoms with Crippen molar-refractivity contribution < 1.29 is 4.79 Å². The minimum atomic E-state index is -0.499. The average molecular weight is 294 g/mol. The summed E-state index contributed by atoms with van der Waals surface area (Å²) >= 11 is 1.35. The first kappa shape index (κ1) is 14.7. The lowest BCUT2D eigenvalue weighted by Crippen LogP contribution is -2.41. The Hall–Kier alpha value is -1.73. The Morgan fingerprint density at radius 1 is 1.60 bits per heavy atom. The summed E-state index contributed by atoms with van der Waals surface area (Å²) < 4.78 is 0.602. The van der Waals surface area contributed by atoms with Gasteiger partial charge in [-0.2, -0.15) is 0 Å². The van der Waals surface area contributed by atoms with Crippen molar-refractivity contribution in [3.8, 4) is 0 Å². The molecule has 0 spiro atoms. The molecule has 2 rings (SSSR count). The highest BCUT2D eigenvalue weighted by Gasteiger charge is 2.18. The fourth-order valence-corrected chi connectivity index (χ4v) is 2.74. The van der Waals surface area contributed by atoms with E-state index in [-0.39, 0.29) is 18.0 Å². The van der Waals surface area contributed by atoms with E-state index >= 15 is 0 Å². The quantitative estimate of drug-likeness (QED) is 0.862. The molecule has 0 unspecified atom stereocenters. The van der Waals surface area contributed by atoms with E-state index in [0.29, 0.717) is 22.5 Å². The van der Waals surface area contributed by atoms with Gasteiger partial charge in [-0.25, -0.2) is 4.98 Å². The number of aromatic amines is 1. The summed E-state index contributed by atoms with van der Waals surface area (Å²) in [6, 6.07) is 1.30. The van der Waals surface area contributed by atoms with E-state index in [9.17, 15) is 9.59 Å². The summed E-state index contributed by atoms with van der Waals surface area (Å²) in [5, 5.41) is 1.82. The predicted octanol–water partition coefficient (Wildman–Crippen LogP) is 1.07. The Kier molecular flexibility index (Phi) is 4.51. The monoisotopic (exact) mass is 294 g/mol. The van der Waals surface area contributed by atoms with Crippen LogP contribution in [0.5, 0.6) is 0 Å². The minimum Gasteiger partial charge on any atom is -0.337 e. The van der Waals surface area contributed by atoms with Gasteiger partial charge >= 0.3 is 0 Å². The summed E-state index contributed by atoms with van der Waals surface area (Å²) in [5.74, 6) is 0.334. The van der Waals surface area contributed by atoms with Gasteiger partial charge in [0.2, 0.25) is 5.91 Å². The first-order valence-corrected chi connectivity index (χ1v) is 7.37. The van der Waals surface area contributed by atoms with Crippen LogP contribution in [0.15, 0.2) is 16.2 Å². The van der Waals surface area contributed by atoms with E-state index in [1.54, 1.807) is 13.1 Å². The normalized spacial score (nSPS) is 12.6. The summed E-state index contributed by atoms with van der Waals surface area (Å²) in [4.78, 5) is 32.4. The van der Waals surface area contributed by atoms with Gasteiger partial charge in [-0.05, 0) is 17.9 Å². The lowest BCUT2D eigenvalue weighted by molar-refractivity contribution is -0.132. The second-order valence-electron chi connectivity index (χ2n) is 4.74. The number of rotatable bonds is 5. The number of aromatic nitrogens is 2. The summed E-state index contributed by atoms with van der Waals surface area (Å²) in [7, 11) is 1.66. The molecular formula is C13H18N4O2S. The maximum Gasteiger partial charge on any atom is 0.268 e. The van der Waals surface area contributed by atoms with Gasteiger partial charge in [-0.15, -0.1) is 11.3 Å². The molecule has 3 N–H and O–H groups in total. The highest BCUT2D eigenvalue weighted by molar-refractivity contribution is 7.17. The van der Waals surface area contributed by atoms with Crippen LogP contribution in [0, 0.1) is 0 Å². The van der Waals surface area contributed by atoms with Crippen molar-refractivity contribution in [2.75, 3.05) is 7.05 Å². The molecule has 108 valence electrons. The van der Waals surface area contributed by atoms with Crippen LogP contribution in [0.1, 0.15) is 25.6 Å². The molecule has 0 radical (unpaired) electrons. The van der Waals surface area contributed by atoms with Gasteiger partial charge in [-0.1, -0.05) is 13.3 Å². The number of thiophene rings is 1. The van der Waals surface area contributed by atoms with Crippen LogP contribution in [0.3, 0.4) is 0 Å². The van der Waals surface area contributed by atoms with E-state index < -0.39 is 6.04 Å². The number of likely N-dealkylation sites (N-methyl/N-ethyl adjacent to an activating group) is 1. The van der Waals surface area contributed by atoms with Gasteiger partial charge in [0.1, 0.15) is 10.5 Å². The lowest BCUT2D eigenvalue weighted by atomic mass is 10.1. The number of fused-ring (bicyclic) bond motifs is 1. The third kappa shape index (κ3) is 3.05. The van der Waals surface area contributed by atoms with Crippen LogP contribution in [-0.4, -0.2) is 33.9 Å². The van der Waals surface area contributed by atoms with Crippen molar-refractivity contribution in [1.29, 1.82) is 0 Å². The Labute approximate surface area is 120 Å². The first-order valence-electron chi connectivity index (χ1n) is 6.50. The van der Waals surface area contributed by atoms with Crippen molar-refractivity contribution in [1.82, 2.24) is 14.9 Å². The van der Waals surface area contributed by atoms with Crippen molar-refractivity contribution in [3.05, 3.63) is 27.6 Å². The molecule has 0 bridgehead atoms. The molecule has 6 nitrogen and oxygen atoms in total. The molecule has 7 heteroatoms. The molecule has 0 fully saturated rings. The van der Waals surface area contributed by atoms with Gasteiger partial charge < -0.3 is 15.6 Å². The fraction of sp³-hybridized carbons (Fsp3) is 0.462. The molecule has 0 saturated carbocycles. The zero-order chi connectivity index (χ0) is 14.7. The van der Waals surface area contributed by atoms with Gasteiger partial charge in [0.25, 0.3) is 5.56 Å². The number of hydrogen-bond donors (Lipinski definition) is 2. The summed E-state index contributed by atoms with van der Waals surface area (Å²) in [5.41, 5.74) is 6.30. The first-order chi connectivity index (χ1) is 9.52. The van der Waals surface area contributed by atoms with Crippen molar-refractivity contribution in [3.63, 3.8) is 0 Å². The Bertz CT molecular complexity index is 664. The van der Waals surface area contributed by atoms with Crippen molar-refractivity contribution in [2.45, 2.75) is 32.4 Å². The maximum atomic E-state index is 12.0. The highest BCUT2D eigenvalue weighted by atomic mass is 32.1. The summed E-state index contributed by atoms with van der Waals surface area (Å²) in [6.07, 6.45) is 1.51. The number of H-pyrrole nitrogens is 1. The highest BCUT2D eigenvalue weighted by Crippen LogP contribution is 2.14. The molecule has 20 heavy (non-hydrogen) atoms. The van der Waals surface area contributed by atoms with Crippen LogP contribution in [0.4, 0.5) is 0 Å². The second-order valence-corrected chi connectivity index (χ2v) is 5.65. The van der Waals surface area contributed by atoms with Crippen LogP contribution < -0.4 is 11.3 Å². The topological polar surface area (TPSA) is 92.1 Å².